The molecule has 26 heavy (non-hydrogen) atoms. The fourth-order valence-corrected chi connectivity index (χ4v) is 4.86. The molecule has 2 saturated heterocycles. The summed E-state index contributed by atoms with van der Waals surface area (Å²) in [5.74, 6) is -0.396. The van der Waals surface area contributed by atoms with Crippen molar-refractivity contribution in [2.75, 3.05) is 32.7 Å². The largest absolute Gasteiger partial charge is 0.340 e. The third kappa shape index (κ3) is 4.73. The van der Waals surface area contributed by atoms with E-state index in [1.165, 1.54) is 16.4 Å². The van der Waals surface area contributed by atoms with Crippen molar-refractivity contribution in [2.24, 2.45) is 0 Å². The van der Waals surface area contributed by atoms with Gasteiger partial charge in [0.15, 0.2) is 0 Å². The zero-order valence-electron chi connectivity index (χ0n) is 14.6. The Morgan fingerprint density at radius 2 is 1.77 bits per heavy atom. The van der Waals surface area contributed by atoms with Gasteiger partial charge in [0.2, 0.25) is 15.9 Å². The van der Waals surface area contributed by atoms with Gasteiger partial charge in [-0.05, 0) is 50.1 Å². The SMILES string of the molecule is Cl.O=C(C1CCCCN1)N1CCCN(S(=O)(=O)c2ccc(F)cc2)CC1. The van der Waals surface area contributed by atoms with Crippen LogP contribution in [0.1, 0.15) is 25.7 Å². The van der Waals surface area contributed by atoms with Crippen molar-refractivity contribution in [2.45, 2.75) is 36.6 Å². The molecule has 1 unspecified atom stereocenters. The van der Waals surface area contributed by atoms with Gasteiger partial charge in [-0.2, -0.15) is 4.31 Å². The Labute approximate surface area is 160 Å². The van der Waals surface area contributed by atoms with E-state index in [-0.39, 0.29) is 35.8 Å². The van der Waals surface area contributed by atoms with Crippen LogP contribution in [0.5, 0.6) is 0 Å². The van der Waals surface area contributed by atoms with E-state index in [9.17, 15) is 17.6 Å². The van der Waals surface area contributed by atoms with E-state index >= 15 is 0 Å². The Balaban J connectivity index is 0.00000243. The molecule has 1 atom stereocenters. The molecule has 146 valence electrons. The van der Waals surface area contributed by atoms with Crippen LogP contribution in [0.25, 0.3) is 0 Å². The Morgan fingerprint density at radius 3 is 2.42 bits per heavy atom. The van der Waals surface area contributed by atoms with Crippen LogP contribution in [0.4, 0.5) is 4.39 Å². The number of carbonyl (C=O) groups excluding carboxylic acids is 1. The van der Waals surface area contributed by atoms with Gasteiger partial charge in [0.1, 0.15) is 5.82 Å². The number of hydrogen-bond donors (Lipinski definition) is 1. The molecule has 0 bridgehead atoms. The van der Waals surface area contributed by atoms with Crippen LogP contribution in [-0.4, -0.2) is 62.3 Å². The first-order valence-electron chi connectivity index (χ1n) is 8.76. The van der Waals surface area contributed by atoms with E-state index in [4.69, 9.17) is 0 Å². The maximum absolute atomic E-state index is 13.0. The molecule has 9 heteroatoms. The van der Waals surface area contributed by atoms with Crippen LogP contribution in [0, 0.1) is 5.82 Å². The van der Waals surface area contributed by atoms with Gasteiger partial charge in [-0.3, -0.25) is 4.79 Å². The quantitative estimate of drug-likeness (QED) is 0.829. The van der Waals surface area contributed by atoms with Crippen LogP contribution in [0.3, 0.4) is 0 Å². The summed E-state index contributed by atoms with van der Waals surface area (Å²) in [5.41, 5.74) is 0. The maximum Gasteiger partial charge on any atom is 0.243 e. The molecule has 2 aliphatic heterocycles. The Morgan fingerprint density at radius 1 is 1.04 bits per heavy atom. The lowest BCUT2D eigenvalue weighted by molar-refractivity contribution is -0.133. The summed E-state index contributed by atoms with van der Waals surface area (Å²) >= 11 is 0. The highest BCUT2D eigenvalue weighted by molar-refractivity contribution is 7.89. The molecule has 0 saturated carbocycles. The smallest absolute Gasteiger partial charge is 0.243 e. The third-order valence-electron chi connectivity index (χ3n) is 4.83. The van der Waals surface area contributed by atoms with Crippen LogP contribution < -0.4 is 5.32 Å². The average molecular weight is 406 g/mol. The summed E-state index contributed by atoms with van der Waals surface area (Å²) in [6, 6.07) is 4.72. The van der Waals surface area contributed by atoms with Gasteiger partial charge in [-0.15, -0.1) is 12.4 Å². The van der Waals surface area contributed by atoms with Crippen molar-refractivity contribution in [3.05, 3.63) is 30.1 Å². The van der Waals surface area contributed by atoms with Crippen molar-refractivity contribution in [3.8, 4) is 0 Å². The second-order valence-corrected chi connectivity index (χ2v) is 8.48. The molecule has 2 heterocycles. The fourth-order valence-electron chi connectivity index (χ4n) is 3.39. The zero-order valence-corrected chi connectivity index (χ0v) is 16.2. The topological polar surface area (TPSA) is 69.7 Å². The van der Waals surface area contributed by atoms with E-state index in [0.717, 1.165) is 37.9 Å². The third-order valence-corrected chi connectivity index (χ3v) is 6.74. The van der Waals surface area contributed by atoms with E-state index < -0.39 is 15.8 Å². The van der Waals surface area contributed by atoms with Gasteiger partial charge < -0.3 is 10.2 Å². The van der Waals surface area contributed by atoms with E-state index in [1.54, 1.807) is 4.90 Å². The van der Waals surface area contributed by atoms with Crippen molar-refractivity contribution >= 4 is 28.3 Å². The minimum Gasteiger partial charge on any atom is -0.340 e. The first-order valence-corrected chi connectivity index (χ1v) is 10.2. The second-order valence-electron chi connectivity index (χ2n) is 6.54. The van der Waals surface area contributed by atoms with Crippen molar-refractivity contribution in [1.82, 2.24) is 14.5 Å². The molecule has 1 amide bonds. The highest BCUT2D eigenvalue weighted by Crippen LogP contribution is 2.19. The van der Waals surface area contributed by atoms with Gasteiger partial charge in [0.25, 0.3) is 0 Å². The predicted molar refractivity (Wildman–Crippen MR) is 99.2 cm³/mol. The molecule has 1 aromatic rings. The van der Waals surface area contributed by atoms with Crippen LogP contribution in [0.2, 0.25) is 0 Å². The van der Waals surface area contributed by atoms with E-state index in [2.05, 4.69) is 5.32 Å². The van der Waals surface area contributed by atoms with Gasteiger partial charge >= 0.3 is 0 Å². The molecule has 0 spiro atoms. The molecule has 1 N–H and O–H groups in total. The van der Waals surface area contributed by atoms with Crippen LogP contribution in [-0.2, 0) is 14.8 Å². The van der Waals surface area contributed by atoms with Crippen molar-refractivity contribution in [3.63, 3.8) is 0 Å². The summed E-state index contributed by atoms with van der Waals surface area (Å²) in [6.07, 6.45) is 3.57. The molecular formula is C17H25ClFN3O3S. The van der Waals surface area contributed by atoms with E-state index in [0.29, 0.717) is 26.1 Å². The number of carbonyl (C=O) groups is 1. The molecule has 0 radical (unpaired) electrons. The molecule has 0 aliphatic carbocycles. The minimum atomic E-state index is -3.66. The van der Waals surface area contributed by atoms with Crippen LogP contribution in [0.15, 0.2) is 29.2 Å². The monoisotopic (exact) mass is 405 g/mol. The summed E-state index contributed by atoms with van der Waals surface area (Å²) in [5, 5.41) is 3.25. The number of sulfonamides is 1. The summed E-state index contributed by atoms with van der Waals surface area (Å²) in [6.45, 7) is 2.43. The number of hydrogen-bond acceptors (Lipinski definition) is 4. The van der Waals surface area contributed by atoms with Gasteiger partial charge in [0.05, 0.1) is 10.9 Å². The number of halogens is 2. The fraction of sp³-hybridized carbons (Fsp3) is 0.588. The highest BCUT2D eigenvalue weighted by atomic mass is 35.5. The lowest BCUT2D eigenvalue weighted by atomic mass is 10.0. The number of nitrogens with one attached hydrogen (secondary N) is 1. The first kappa shape index (κ1) is 21.1. The van der Waals surface area contributed by atoms with E-state index in [1.807, 2.05) is 0 Å². The molecule has 2 fully saturated rings. The first-order chi connectivity index (χ1) is 12.0. The number of nitrogens with zero attached hydrogens (tertiary/aromatic N) is 2. The number of amides is 1. The average Bonchev–Trinajstić information content (AvgIpc) is 2.89. The zero-order chi connectivity index (χ0) is 17.9. The maximum atomic E-state index is 13.0. The van der Waals surface area contributed by atoms with Crippen LogP contribution >= 0.6 is 12.4 Å². The molecular weight excluding hydrogens is 381 g/mol. The summed E-state index contributed by atoms with van der Waals surface area (Å²) in [4.78, 5) is 14.5. The van der Waals surface area contributed by atoms with Gasteiger partial charge in [-0.25, -0.2) is 12.8 Å². The lowest BCUT2D eigenvalue weighted by Crippen LogP contribution is -2.49. The predicted octanol–water partition coefficient (Wildman–Crippen LogP) is 1.61. The summed E-state index contributed by atoms with van der Waals surface area (Å²) < 4.78 is 39.9. The molecule has 3 rings (SSSR count). The standard InChI is InChI=1S/C17H24FN3O3S.ClH/c18-14-5-7-15(8-6-14)25(23,24)21-11-3-10-20(12-13-21)17(22)16-4-1-2-9-19-16;/h5-8,16,19H,1-4,9-13H2;1H. The molecule has 6 nitrogen and oxygen atoms in total. The Bertz CT molecular complexity index is 708. The molecule has 0 aromatic heterocycles. The summed E-state index contributed by atoms with van der Waals surface area (Å²) in [7, 11) is -3.66. The van der Waals surface area contributed by atoms with Crippen molar-refractivity contribution < 1.29 is 17.6 Å². The number of piperidine rings is 1. The van der Waals surface area contributed by atoms with Gasteiger partial charge in [0, 0.05) is 26.2 Å². The second kappa shape index (κ2) is 9.12. The van der Waals surface area contributed by atoms with Gasteiger partial charge in [-0.1, -0.05) is 6.42 Å². The Kier molecular flexibility index (Phi) is 7.40. The number of rotatable bonds is 3. The lowest BCUT2D eigenvalue weighted by Gasteiger charge is -2.29. The molecule has 2 aliphatic rings. The van der Waals surface area contributed by atoms with Crippen molar-refractivity contribution in [1.29, 1.82) is 0 Å². The normalized spacial score (nSPS) is 22.3. The Hall–Kier alpha value is -1.22. The number of benzene rings is 1. The minimum absolute atomic E-state index is 0. The highest BCUT2D eigenvalue weighted by Gasteiger charge is 2.31. The molecule has 1 aromatic carbocycles.